The number of carbonyl (C=O) groups excluding carboxylic acids is 1. The predicted octanol–water partition coefficient (Wildman–Crippen LogP) is 4.42. The molecule has 0 bridgehead atoms. The normalized spacial score (nSPS) is 15.7. The lowest BCUT2D eigenvalue weighted by molar-refractivity contribution is 0.0950. The zero-order chi connectivity index (χ0) is 23.0. The maximum Gasteiger partial charge on any atom is 0.253 e. The van der Waals surface area contributed by atoms with Crippen LogP contribution in [0.3, 0.4) is 0 Å². The number of nitrogens with one attached hydrogen (secondary N) is 1. The van der Waals surface area contributed by atoms with Crippen LogP contribution in [0.2, 0.25) is 0 Å². The van der Waals surface area contributed by atoms with E-state index in [2.05, 4.69) is 22.1 Å². The molecule has 1 fully saturated rings. The molecule has 1 N–H and O–H groups in total. The van der Waals surface area contributed by atoms with Gasteiger partial charge >= 0.3 is 0 Å². The highest BCUT2D eigenvalue weighted by atomic mass is 32.2. The molecule has 1 saturated carbocycles. The molecule has 0 aliphatic heterocycles. The van der Waals surface area contributed by atoms with Crippen LogP contribution in [0.5, 0.6) is 0 Å². The van der Waals surface area contributed by atoms with E-state index in [1.165, 1.54) is 32.1 Å². The van der Waals surface area contributed by atoms with Crippen LogP contribution >= 0.6 is 0 Å². The standard InChI is InChI=1S/C26H34N4O2S/c1-2-29(23-7-4-3-5-8-23)16-6-18-33(32)24-12-9-21(10-13-24)19-28-26(31)22-11-14-25-27-15-17-30(25)20-22/h9-15,17,20,23H,2-8,16,18-19H2,1H3,(H,28,31). The summed E-state index contributed by atoms with van der Waals surface area (Å²) in [5.41, 5.74) is 2.39. The molecule has 6 nitrogen and oxygen atoms in total. The van der Waals surface area contributed by atoms with Gasteiger partial charge in [-0.1, -0.05) is 38.3 Å². The van der Waals surface area contributed by atoms with Crippen LogP contribution in [0.1, 0.15) is 61.4 Å². The lowest BCUT2D eigenvalue weighted by Crippen LogP contribution is -2.37. The number of amides is 1. The number of imidazole rings is 1. The Kier molecular flexibility index (Phi) is 8.42. The fourth-order valence-electron chi connectivity index (χ4n) is 4.66. The number of fused-ring (bicyclic) bond motifs is 1. The lowest BCUT2D eigenvalue weighted by Gasteiger charge is -2.33. The monoisotopic (exact) mass is 466 g/mol. The maximum atomic E-state index is 12.8. The molecule has 1 amide bonds. The van der Waals surface area contributed by atoms with Gasteiger partial charge in [-0.25, -0.2) is 4.98 Å². The molecular formula is C26H34N4O2S. The van der Waals surface area contributed by atoms with E-state index in [9.17, 15) is 9.35 Å². The van der Waals surface area contributed by atoms with Gasteiger partial charge in [0.15, 0.2) is 4.90 Å². The third-order valence-corrected chi connectivity index (χ3v) is 8.02. The van der Waals surface area contributed by atoms with E-state index >= 15 is 0 Å². The van der Waals surface area contributed by atoms with Gasteiger partial charge < -0.3 is 19.2 Å². The Bertz CT molecular complexity index is 1030. The van der Waals surface area contributed by atoms with E-state index in [4.69, 9.17) is 0 Å². The van der Waals surface area contributed by atoms with Crippen LogP contribution < -0.4 is 5.32 Å². The molecule has 3 aromatic rings. The minimum absolute atomic E-state index is 0.128. The van der Waals surface area contributed by atoms with E-state index in [0.717, 1.165) is 35.6 Å². The molecule has 1 unspecified atom stereocenters. The van der Waals surface area contributed by atoms with Crippen molar-refractivity contribution in [1.82, 2.24) is 19.6 Å². The highest BCUT2D eigenvalue weighted by Gasteiger charge is 2.20. The van der Waals surface area contributed by atoms with Crippen LogP contribution in [0.25, 0.3) is 5.65 Å². The summed E-state index contributed by atoms with van der Waals surface area (Å²) in [6.07, 6.45) is 13.0. The van der Waals surface area contributed by atoms with Crippen LogP contribution in [-0.2, 0) is 17.7 Å². The second-order valence-corrected chi connectivity index (χ2v) is 10.3. The SMILES string of the molecule is CCN(CCC[S+]([O-])c1ccc(CNC(=O)c2ccc3nccn3c2)cc1)C1CCCCC1. The summed E-state index contributed by atoms with van der Waals surface area (Å²) in [5, 5.41) is 2.95. The van der Waals surface area contributed by atoms with Crippen LogP contribution in [0, 0.1) is 0 Å². The largest absolute Gasteiger partial charge is 0.611 e. The minimum atomic E-state index is -0.990. The summed E-state index contributed by atoms with van der Waals surface area (Å²) in [7, 11) is 0. The number of hydrogen-bond donors (Lipinski definition) is 1. The van der Waals surface area contributed by atoms with E-state index in [-0.39, 0.29) is 5.91 Å². The lowest BCUT2D eigenvalue weighted by atomic mass is 9.94. The number of rotatable bonds is 10. The molecule has 7 heteroatoms. The van der Waals surface area contributed by atoms with Crippen molar-refractivity contribution in [3.05, 3.63) is 66.1 Å². The molecule has 1 aliphatic rings. The Labute approximate surface area is 199 Å². The third-order valence-electron chi connectivity index (χ3n) is 6.56. The number of hydrogen-bond acceptors (Lipinski definition) is 4. The van der Waals surface area contributed by atoms with E-state index in [0.29, 0.717) is 23.9 Å². The second-order valence-electron chi connectivity index (χ2n) is 8.76. The first-order chi connectivity index (χ1) is 16.1. The van der Waals surface area contributed by atoms with Crippen molar-refractivity contribution in [1.29, 1.82) is 0 Å². The van der Waals surface area contributed by atoms with Gasteiger partial charge in [0.2, 0.25) is 0 Å². The Balaban J connectivity index is 1.22. The Morgan fingerprint density at radius 1 is 1.18 bits per heavy atom. The Morgan fingerprint density at radius 3 is 2.73 bits per heavy atom. The van der Waals surface area contributed by atoms with Crippen molar-refractivity contribution in [3.63, 3.8) is 0 Å². The summed E-state index contributed by atoms with van der Waals surface area (Å²) >= 11 is -0.990. The predicted molar refractivity (Wildman–Crippen MR) is 133 cm³/mol. The van der Waals surface area contributed by atoms with Gasteiger partial charge in [0, 0.05) is 44.1 Å². The van der Waals surface area contributed by atoms with Gasteiger partial charge in [-0.15, -0.1) is 0 Å². The van der Waals surface area contributed by atoms with Crippen molar-refractivity contribution < 1.29 is 9.35 Å². The van der Waals surface area contributed by atoms with Crippen molar-refractivity contribution >= 4 is 22.7 Å². The zero-order valence-electron chi connectivity index (χ0n) is 19.4. The van der Waals surface area contributed by atoms with Crippen LogP contribution in [0.4, 0.5) is 0 Å². The fraction of sp³-hybridized carbons (Fsp3) is 0.462. The van der Waals surface area contributed by atoms with E-state index < -0.39 is 11.2 Å². The van der Waals surface area contributed by atoms with Gasteiger partial charge in [0.1, 0.15) is 11.4 Å². The molecule has 0 radical (unpaired) electrons. The van der Waals surface area contributed by atoms with Crippen LogP contribution in [-0.4, -0.2) is 49.6 Å². The Hall–Kier alpha value is -2.35. The van der Waals surface area contributed by atoms with E-state index in [1.54, 1.807) is 18.5 Å². The van der Waals surface area contributed by atoms with Crippen molar-refractivity contribution in [3.8, 4) is 0 Å². The first kappa shape index (κ1) is 23.8. The summed E-state index contributed by atoms with van der Waals surface area (Å²) < 4.78 is 14.6. The van der Waals surface area contributed by atoms with Gasteiger partial charge in [-0.05, 0) is 60.4 Å². The third kappa shape index (κ3) is 6.37. The summed E-state index contributed by atoms with van der Waals surface area (Å²) in [6.45, 7) is 4.77. The van der Waals surface area contributed by atoms with Gasteiger partial charge in [0.25, 0.3) is 5.91 Å². The molecule has 176 valence electrons. The van der Waals surface area contributed by atoms with Gasteiger partial charge in [0.05, 0.1) is 5.56 Å². The zero-order valence-corrected chi connectivity index (χ0v) is 20.2. The fourth-order valence-corrected chi connectivity index (χ4v) is 5.73. The number of nitrogens with zero attached hydrogens (tertiary/aromatic N) is 3. The first-order valence-electron chi connectivity index (χ1n) is 12.1. The maximum absolute atomic E-state index is 12.8. The highest BCUT2D eigenvalue weighted by molar-refractivity contribution is 7.91. The van der Waals surface area contributed by atoms with Gasteiger partial charge in [-0.2, -0.15) is 0 Å². The average Bonchev–Trinajstić information content (AvgIpc) is 3.34. The van der Waals surface area contributed by atoms with Gasteiger partial charge in [-0.3, -0.25) is 4.79 Å². The van der Waals surface area contributed by atoms with Crippen molar-refractivity contribution in [2.75, 3.05) is 18.8 Å². The molecule has 4 rings (SSSR count). The smallest absolute Gasteiger partial charge is 0.253 e. The molecule has 2 heterocycles. The molecule has 0 spiro atoms. The summed E-state index contributed by atoms with van der Waals surface area (Å²) in [4.78, 5) is 20.1. The molecule has 2 aromatic heterocycles. The number of aromatic nitrogens is 2. The van der Waals surface area contributed by atoms with E-state index in [1.807, 2.05) is 40.9 Å². The molecule has 1 aromatic carbocycles. The molecular weight excluding hydrogens is 432 g/mol. The Morgan fingerprint density at radius 2 is 1.97 bits per heavy atom. The number of pyridine rings is 1. The second kappa shape index (κ2) is 11.7. The number of benzene rings is 1. The summed E-state index contributed by atoms with van der Waals surface area (Å²) in [6, 6.07) is 12.1. The first-order valence-corrected chi connectivity index (χ1v) is 13.4. The molecule has 1 atom stereocenters. The molecule has 1 aliphatic carbocycles. The number of carbonyl (C=O) groups is 1. The van der Waals surface area contributed by atoms with Crippen molar-refractivity contribution in [2.45, 2.75) is 62.9 Å². The average molecular weight is 467 g/mol. The molecule has 0 saturated heterocycles. The van der Waals surface area contributed by atoms with Crippen molar-refractivity contribution in [2.24, 2.45) is 0 Å². The topological polar surface area (TPSA) is 72.7 Å². The minimum Gasteiger partial charge on any atom is -0.611 e. The summed E-state index contributed by atoms with van der Waals surface area (Å²) in [5.74, 6) is 0.562. The van der Waals surface area contributed by atoms with Crippen LogP contribution in [0.15, 0.2) is 59.9 Å². The molecule has 33 heavy (non-hydrogen) atoms. The quantitative estimate of drug-likeness (QED) is 0.449. The highest BCUT2D eigenvalue weighted by Crippen LogP contribution is 2.23.